The molecule has 1 nitrogen and oxygen atoms in total. The smallest absolute Gasteiger partial charge is 0.0725 e. The van der Waals surface area contributed by atoms with Crippen molar-refractivity contribution in [2.75, 3.05) is 4.90 Å². The quantitative estimate of drug-likeness (QED) is 0.181. The molecular formula is C51H39N. The van der Waals surface area contributed by atoms with Gasteiger partial charge in [-0.2, -0.15) is 0 Å². The van der Waals surface area contributed by atoms with E-state index in [1.807, 2.05) is 6.08 Å². The lowest BCUT2D eigenvalue weighted by molar-refractivity contribution is 0.666. The Morgan fingerprint density at radius 3 is 1.83 bits per heavy atom. The van der Waals surface area contributed by atoms with Gasteiger partial charge in [-0.05, 0) is 109 Å². The molecule has 0 unspecified atom stereocenters. The van der Waals surface area contributed by atoms with Crippen molar-refractivity contribution in [2.45, 2.75) is 31.6 Å². The highest BCUT2D eigenvalue weighted by atomic mass is 15.1. The van der Waals surface area contributed by atoms with Crippen LogP contribution in [0, 0.1) is 0 Å². The number of hydrogen-bond acceptors (Lipinski definition) is 1. The Labute approximate surface area is 306 Å². The maximum Gasteiger partial charge on any atom is 0.0725 e. The highest BCUT2D eigenvalue weighted by molar-refractivity contribution is 6.07. The van der Waals surface area contributed by atoms with Gasteiger partial charge in [0.05, 0.1) is 11.1 Å². The molecule has 0 atom stereocenters. The summed E-state index contributed by atoms with van der Waals surface area (Å²) >= 11 is 0. The van der Waals surface area contributed by atoms with Crippen molar-refractivity contribution in [3.63, 3.8) is 0 Å². The molecule has 0 radical (unpaired) electrons. The van der Waals surface area contributed by atoms with Crippen LogP contribution < -0.4 is 4.90 Å². The number of fused-ring (bicyclic) bond motifs is 12. The van der Waals surface area contributed by atoms with Gasteiger partial charge in [0.1, 0.15) is 0 Å². The predicted octanol–water partition coefficient (Wildman–Crippen LogP) is 13.5. The molecule has 7 aromatic rings. The number of anilines is 3. The first-order chi connectivity index (χ1) is 25.5. The van der Waals surface area contributed by atoms with Gasteiger partial charge in [0.15, 0.2) is 0 Å². The van der Waals surface area contributed by atoms with Crippen molar-refractivity contribution in [2.24, 2.45) is 0 Å². The third kappa shape index (κ3) is 3.88. The summed E-state index contributed by atoms with van der Waals surface area (Å²) < 4.78 is 0. The summed E-state index contributed by atoms with van der Waals surface area (Å²) in [6, 6.07) is 56.4. The van der Waals surface area contributed by atoms with Crippen LogP contribution in [0.1, 0.15) is 54.2 Å². The van der Waals surface area contributed by atoms with Crippen molar-refractivity contribution >= 4 is 33.4 Å². The summed E-state index contributed by atoms with van der Waals surface area (Å²) in [5, 5.41) is 2.56. The van der Waals surface area contributed by atoms with Crippen molar-refractivity contribution in [1.29, 1.82) is 0 Å². The summed E-state index contributed by atoms with van der Waals surface area (Å²) in [5.41, 5.74) is 18.7. The molecule has 0 amide bonds. The lowest BCUT2D eigenvalue weighted by atomic mass is 9.70. The molecule has 0 saturated carbocycles. The minimum atomic E-state index is -0.426. The number of allylic oxidation sites excluding steroid dienone is 5. The van der Waals surface area contributed by atoms with E-state index >= 15 is 0 Å². The Kier molecular flexibility index (Phi) is 6.57. The molecule has 248 valence electrons. The lowest BCUT2D eigenvalue weighted by Crippen LogP contribution is -2.26. The zero-order valence-corrected chi connectivity index (χ0v) is 29.8. The standard InChI is InChI=1S/C51H39N/c1-5-17-43-36(6-2)41-32-35(29-31-46(41)51(43)44-25-14-11-21-37(44)38-22-12-15-26-45(38)51)52(34-19-8-7-9-20-34)47-27-16-18-33-28-30-40-39-23-10-13-24-42(39)50(3,4)49(40)48(33)47/h5-32H,1H2,2-4H3/b36-6-,43-17+. The van der Waals surface area contributed by atoms with Crippen LogP contribution in [-0.4, -0.2) is 0 Å². The summed E-state index contributed by atoms with van der Waals surface area (Å²) in [6.07, 6.45) is 6.51. The number of benzene rings is 7. The molecule has 0 bridgehead atoms. The molecule has 0 saturated heterocycles. The van der Waals surface area contributed by atoms with E-state index in [0.29, 0.717) is 0 Å². The van der Waals surface area contributed by atoms with Crippen LogP contribution in [0.3, 0.4) is 0 Å². The molecule has 0 aromatic heterocycles. The van der Waals surface area contributed by atoms with E-state index in [1.54, 1.807) is 0 Å². The van der Waals surface area contributed by atoms with Crippen molar-refractivity contribution in [1.82, 2.24) is 0 Å². The van der Waals surface area contributed by atoms with Crippen LogP contribution in [-0.2, 0) is 10.8 Å². The Hall–Kier alpha value is -6.18. The highest BCUT2D eigenvalue weighted by Gasteiger charge is 2.53. The van der Waals surface area contributed by atoms with E-state index in [1.165, 1.54) is 83.2 Å². The van der Waals surface area contributed by atoms with Gasteiger partial charge in [0.25, 0.3) is 0 Å². The Bertz CT molecular complexity index is 2640. The zero-order chi connectivity index (χ0) is 35.2. The first-order valence-electron chi connectivity index (χ1n) is 18.4. The van der Waals surface area contributed by atoms with E-state index in [0.717, 1.165) is 11.4 Å². The highest BCUT2D eigenvalue weighted by Crippen LogP contribution is 2.64. The molecule has 3 aliphatic carbocycles. The maximum atomic E-state index is 4.22. The van der Waals surface area contributed by atoms with E-state index in [-0.39, 0.29) is 5.41 Å². The van der Waals surface area contributed by atoms with Crippen LogP contribution in [0.5, 0.6) is 0 Å². The second-order valence-corrected chi connectivity index (χ2v) is 14.8. The molecule has 0 fully saturated rings. The summed E-state index contributed by atoms with van der Waals surface area (Å²) in [6.45, 7) is 11.2. The van der Waals surface area contributed by atoms with E-state index in [9.17, 15) is 0 Å². The summed E-state index contributed by atoms with van der Waals surface area (Å²) in [5.74, 6) is 0. The van der Waals surface area contributed by atoms with Gasteiger partial charge in [0, 0.05) is 22.2 Å². The lowest BCUT2D eigenvalue weighted by Gasteiger charge is -2.32. The van der Waals surface area contributed by atoms with Gasteiger partial charge in [-0.3, -0.25) is 0 Å². The van der Waals surface area contributed by atoms with Gasteiger partial charge >= 0.3 is 0 Å². The number of rotatable bonds is 4. The SMILES string of the molecule is C=C/C=C1\C(=C/C)c2cc(N(c3ccccc3)c3cccc4ccc5c(c34)C(C)(C)c3ccccc3-5)ccc2C12c1ccccc1-c1ccccc12. The molecule has 1 heteroatoms. The Morgan fingerprint density at radius 2 is 1.15 bits per heavy atom. The minimum Gasteiger partial charge on any atom is -0.310 e. The normalized spacial score (nSPS) is 16.8. The van der Waals surface area contributed by atoms with Crippen LogP contribution in [0.4, 0.5) is 17.1 Å². The maximum absolute atomic E-state index is 4.22. The monoisotopic (exact) mass is 665 g/mol. The van der Waals surface area contributed by atoms with E-state index < -0.39 is 5.41 Å². The van der Waals surface area contributed by atoms with Gasteiger partial charge in [-0.25, -0.2) is 0 Å². The fraction of sp³-hybridized carbons (Fsp3) is 0.0980. The average Bonchev–Trinajstić information content (AvgIpc) is 3.73. The number of para-hydroxylation sites is 1. The van der Waals surface area contributed by atoms with Crippen LogP contribution in [0.25, 0.3) is 38.6 Å². The topological polar surface area (TPSA) is 3.24 Å². The molecule has 10 rings (SSSR count). The Balaban J connectivity index is 1.26. The van der Waals surface area contributed by atoms with Crippen LogP contribution in [0.2, 0.25) is 0 Å². The van der Waals surface area contributed by atoms with Gasteiger partial charge in [-0.15, -0.1) is 0 Å². The second-order valence-electron chi connectivity index (χ2n) is 14.8. The average molecular weight is 666 g/mol. The third-order valence-corrected chi connectivity index (χ3v) is 12.0. The largest absolute Gasteiger partial charge is 0.310 e. The summed E-state index contributed by atoms with van der Waals surface area (Å²) in [7, 11) is 0. The molecule has 3 aliphatic rings. The van der Waals surface area contributed by atoms with Crippen molar-refractivity contribution in [3.05, 3.63) is 215 Å². The first-order valence-corrected chi connectivity index (χ1v) is 18.4. The minimum absolute atomic E-state index is 0.153. The zero-order valence-electron chi connectivity index (χ0n) is 29.8. The summed E-state index contributed by atoms with van der Waals surface area (Å²) in [4.78, 5) is 2.48. The predicted molar refractivity (Wildman–Crippen MR) is 220 cm³/mol. The molecule has 52 heavy (non-hydrogen) atoms. The molecule has 0 heterocycles. The second kappa shape index (κ2) is 11.2. The van der Waals surface area contributed by atoms with Crippen molar-refractivity contribution in [3.8, 4) is 22.3 Å². The molecular weight excluding hydrogens is 627 g/mol. The number of hydrogen-bond donors (Lipinski definition) is 0. The first kappa shape index (κ1) is 30.6. The molecule has 1 spiro atoms. The van der Waals surface area contributed by atoms with Crippen LogP contribution >= 0.6 is 0 Å². The van der Waals surface area contributed by atoms with Gasteiger partial charge in [-0.1, -0.05) is 160 Å². The fourth-order valence-electron chi connectivity index (χ4n) is 9.99. The fourth-order valence-corrected chi connectivity index (χ4v) is 9.99. The number of nitrogens with zero attached hydrogens (tertiary/aromatic N) is 1. The van der Waals surface area contributed by atoms with Gasteiger partial charge < -0.3 is 4.90 Å². The molecule has 0 N–H and O–H groups in total. The molecule has 0 aliphatic heterocycles. The third-order valence-electron chi connectivity index (χ3n) is 12.0. The molecule has 7 aromatic carbocycles. The Morgan fingerprint density at radius 1 is 0.538 bits per heavy atom. The van der Waals surface area contributed by atoms with Crippen molar-refractivity contribution < 1.29 is 0 Å². The van der Waals surface area contributed by atoms with E-state index in [4.69, 9.17) is 0 Å². The van der Waals surface area contributed by atoms with E-state index in [2.05, 4.69) is 196 Å². The van der Waals surface area contributed by atoms with Gasteiger partial charge in [0.2, 0.25) is 0 Å². The van der Waals surface area contributed by atoms with Crippen LogP contribution in [0.15, 0.2) is 182 Å².